The van der Waals surface area contributed by atoms with Crippen LogP contribution < -0.4 is 10.1 Å². The maximum absolute atomic E-state index is 9.20. The van der Waals surface area contributed by atoms with Crippen molar-refractivity contribution < 1.29 is 9.84 Å². The van der Waals surface area contributed by atoms with Crippen LogP contribution in [0, 0.1) is 13.8 Å². The molecule has 1 aliphatic heterocycles. The molecule has 0 aliphatic carbocycles. The van der Waals surface area contributed by atoms with E-state index in [1.165, 1.54) is 38.9 Å². The average Bonchev–Trinajstić information content (AvgIpc) is 3.51. The van der Waals surface area contributed by atoms with Gasteiger partial charge >= 0.3 is 0 Å². The Labute approximate surface area is 184 Å². The number of hydrogen-bond donors (Lipinski definition) is 2. The van der Waals surface area contributed by atoms with Crippen LogP contribution >= 0.6 is 0 Å². The third-order valence-corrected chi connectivity index (χ3v) is 5.90. The fourth-order valence-corrected chi connectivity index (χ4v) is 4.30. The van der Waals surface area contributed by atoms with Crippen LogP contribution in [0.4, 0.5) is 0 Å². The molecule has 0 spiro atoms. The first-order valence-electron chi connectivity index (χ1n) is 11.3. The van der Waals surface area contributed by atoms with E-state index in [0.29, 0.717) is 12.6 Å². The van der Waals surface area contributed by atoms with Gasteiger partial charge in [-0.2, -0.15) is 0 Å². The van der Waals surface area contributed by atoms with Crippen molar-refractivity contribution in [2.24, 2.45) is 4.99 Å². The zero-order chi connectivity index (χ0) is 21.8. The summed E-state index contributed by atoms with van der Waals surface area (Å²) in [5.41, 5.74) is 7.38. The van der Waals surface area contributed by atoms with E-state index in [0.717, 1.165) is 38.2 Å². The monoisotopic (exact) mass is 419 g/mol. The molecule has 5 nitrogen and oxygen atoms in total. The lowest BCUT2D eigenvalue weighted by Crippen LogP contribution is -2.32. The largest absolute Gasteiger partial charge is 0.492 e. The number of para-hydroxylation sites is 1. The molecule has 31 heavy (non-hydrogen) atoms. The third-order valence-electron chi connectivity index (χ3n) is 5.90. The van der Waals surface area contributed by atoms with Crippen molar-refractivity contribution in [3.05, 3.63) is 64.8 Å². The van der Waals surface area contributed by atoms with Crippen LogP contribution in [0.1, 0.15) is 35.6 Å². The number of aromatic nitrogens is 1. The molecule has 0 fully saturated rings. The van der Waals surface area contributed by atoms with Crippen molar-refractivity contribution in [3.63, 3.8) is 0 Å². The Morgan fingerprint density at radius 3 is 2.68 bits per heavy atom. The number of benzene rings is 2. The summed E-state index contributed by atoms with van der Waals surface area (Å²) < 4.78 is 8.27. The van der Waals surface area contributed by atoms with Crippen molar-refractivity contribution in [3.8, 4) is 5.75 Å². The number of rotatable bonds is 11. The highest BCUT2D eigenvalue weighted by molar-refractivity contribution is 6.17. The van der Waals surface area contributed by atoms with Crippen molar-refractivity contribution in [2.75, 3.05) is 26.3 Å². The molecule has 1 atom stereocenters. The molecule has 0 amide bonds. The summed E-state index contributed by atoms with van der Waals surface area (Å²) in [5, 5.41) is 14.1. The van der Waals surface area contributed by atoms with Gasteiger partial charge < -0.3 is 19.7 Å². The van der Waals surface area contributed by atoms with E-state index in [1.54, 1.807) is 0 Å². The van der Waals surface area contributed by atoms with Gasteiger partial charge in [0.2, 0.25) is 0 Å². The first kappa shape index (κ1) is 21.6. The molecule has 2 heterocycles. The highest BCUT2D eigenvalue weighted by Crippen LogP contribution is 2.27. The predicted molar refractivity (Wildman–Crippen MR) is 128 cm³/mol. The van der Waals surface area contributed by atoms with Crippen LogP contribution in [0.5, 0.6) is 5.75 Å². The number of aliphatic imine (C=N–C) groups is 1. The number of nitrogens with one attached hydrogen (secondary N) is 1. The van der Waals surface area contributed by atoms with E-state index in [4.69, 9.17) is 4.74 Å². The lowest BCUT2D eigenvalue weighted by molar-refractivity contribution is 0.280. The third kappa shape index (κ3) is 5.17. The molecular weight excluding hydrogens is 386 g/mol. The normalized spacial score (nSPS) is 14.0. The van der Waals surface area contributed by atoms with E-state index in [1.807, 2.05) is 0 Å². The van der Waals surface area contributed by atoms with Crippen molar-refractivity contribution in [2.45, 2.75) is 46.2 Å². The molecule has 2 N–H and O–H groups in total. The lowest BCUT2D eigenvalue weighted by Gasteiger charge is -2.17. The fraction of sp³-hybridized carbons (Fsp3) is 0.423. The summed E-state index contributed by atoms with van der Waals surface area (Å²) in [4.78, 5) is 4.47. The maximum atomic E-state index is 9.20. The van der Waals surface area contributed by atoms with Gasteiger partial charge in [0.25, 0.3) is 0 Å². The van der Waals surface area contributed by atoms with Crippen molar-refractivity contribution in [1.29, 1.82) is 0 Å². The quantitative estimate of drug-likeness (QED) is 0.461. The van der Waals surface area contributed by atoms with Crippen LogP contribution in [0.15, 0.2) is 47.6 Å². The first-order valence-corrected chi connectivity index (χ1v) is 11.3. The number of aryl methyl sites for hydroxylation is 3. The number of hydrogen-bond acceptors (Lipinski definition) is 4. The van der Waals surface area contributed by atoms with Gasteiger partial charge in [-0.15, -0.1) is 0 Å². The number of aliphatic hydroxyl groups excluding tert-OH is 1. The van der Waals surface area contributed by atoms with Gasteiger partial charge in [0, 0.05) is 42.9 Å². The molecule has 164 valence electrons. The summed E-state index contributed by atoms with van der Waals surface area (Å²) >= 11 is 0. The summed E-state index contributed by atoms with van der Waals surface area (Å²) in [7, 11) is 0. The Kier molecular flexibility index (Phi) is 6.73. The van der Waals surface area contributed by atoms with Gasteiger partial charge in [-0.25, -0.2) is 0 Å². The molecule has 1 aromatic heterocycles. The zero-order valence-corrected chi connectivity index (χ0v) is 18.8. The van der Waals surface area contributed by atoms with Crippen LogP contribution in [0.3, 0.4) is 0 Å². The highest BCUT2D eigenvalue weighted by atomic mass is 16.5. The smallest absolute Gasteiger partial charge is 0.125 e. The number of ether oxygens (including phenoxy) is 1. The molecule has 0 saturated heterocycles. The van der Waals surface area contributed by atoms with E-state index in [2.05, 4.69) is 78.2 Å². The Balaban J connectivity index is 1.37. The predicted octanol–water partition coefficient (Wildman–Crippen LogP) is 4.04. The SMILES string of the molecule is Cc1cccc(C)c1OCCNC(C)Cc1cc(C2=NC2)c2c(ccn2CCCO)c1. The van der Waals surface area contributed by atoms with Gasteiger partial charge in [-0.1, -0.05) is 18.2 Å². The molecule has 2 aromatic carbocycles. The second kappa shape index (κ2) is 9.67. The van der Waals surface area contributed by atoms with Crippen molar-refractivity contribution in [1.82, 2.24) is 9.88 Å². The molecule has 0 bridgehead atoms. The molecule has 4 rings (SSSR count). The maximum Gasteiger partial charge on any atom is 0.125 e. The van der Waals surface area contributed by atoms with Gasteiger partial charge in [-0.05, 0) is 68.5 Å². The van der Waals surface area contributed by atoms with Gasteiger partial charge in [0.05, 0.1) is 17.8 Å². The highest BCUT2D eigenvalue weighted by Gasteiger charge is 2.19. The molecule has 0 radical (unpaired) electrons. The van der Waals surface area contributed by atoms with E-state index < -0.39 is 0 Å². The van der Waals surface area contributed by atoms with Crippen LogP contribution in [-0.4, -0.2) is 47.7 Å². The van der Waals surface area contributed by atoms with Gasteiger partial charge in [-0.3, -0.25) is 4.99 Å². The van der Waals surface area contributed by atoms with E-state index in [-0.39, 0.29) is 6.61 Å². The lowest BCUT2D eigenvalue weighted by atomic mass is 10.00. The van der Waals surface area contributed by atoms with Crippen LogP contribution in [0.25, 0.3) is 10.9 Å². The summed E-state index contributed by atoms with van der Waals surface area (Å²) in [6, 6.07) is 13.4. The minimum Gasteiger partial charge on any atom is -0.492 e. The van der Waals surface area contributed by atoms with Crippen LogP contribution in [0.2, 0.25) is 0 Å². The zero-order valence-electron chi connectivity index (χ0n) is 18.8. The Morgan fingerprint density at radius 2 is 1.97 bits per heavy atom. The number of fused-ring (bicyclic) bond motifs is 1. The van der Waals surface area contributed by atoms with Crippen LogP contribution in [-0.2, 0) is 13.0 Å². The second-order valence-electron chi connectivity index (χ2n) is 8.56. The Bertz CT molecular complexity index is 1060. The molecule has 1 aliphatic rings. The topological polar surface area (TPSA) is 58.8 Å². The molecule has 1 unspecified atom stereocenters. The first-order chi connectivity index (χ1) is 15.1. The van der Waals surface area contributed by atoms with Gasteiger partial charge in [0.1, 0.15) is 12.4 Å². The molecule has 3 aromatic rings. The Hall–Kier alpha value is -2.63. The number of nitrogens with zero attached hydrogens (tertiary/aromatic N) is 2. The molecular formula is C26H33N3O2. The molecule has 5 heteroatoms. The van der Waals surface area contributed by atoms with Crippen molar-refractivity contribution >= 4 is 16.6 Å². The minimum atomic E-state index is 0.213. The number of aliphatic hydroxyl groups is 1. The molecule has 0 saturated carbocycles. The summed E-state index contributed by atoms with van der Waals surface area (Å²) in [6.07, 6.45) is 3.85. The summed E-state index contributed by atoms with van der Waals surface area (Å²) in [5.74, 6) is 1.00. The standard InChI is InChI=1S/C26H33N3O2/c1-18-6-4-7-19(2)26(18)31-13-9-27-20(3)14-21-15-22-8-11-29(10-5-12-30)25(22)23(16-21)24-17-28-24/h4,6-8,11,15-16,20,27,30H,5,9-10,12-14,17H2,1-3H3. The second-order valence-corrected chi connectivity index (χ2v) is 8.56. The summed E-state index contributed by atoms with van der Waals surface area (Å²) in [6.45, 7) is 9.76. The minimum absolute atomic E-state index is 0.213. The van der Waals surface area contributed by atoms with E-state index >= 15 is 0 Å². The Morgan fingerprint density at radius 1 is 1.19 bits per heavy atom. The average molecular weight is 420 g/mol. The van der Waals surface area contributed by atoms with E-state index in [9.17, 15) is 5.11 Å². The van der Waals surface area contributed by atoms with Gasteiger partial charge in [0.15, 0.2) is 0 Å². The fourth-order valence-electron chi connectivity index (χ4n) is 4.30.